The molecule has 2 rings (SSSR count). The average molecular weight is 496 g/mol. The van der Waals surface area contributed by atoms with Crippen LogP contribution in [0.1, 0.15) is 50.3 Å². The molecule has 194 valence electrons. The highest BCUT2D eigenvalue weighted by Crippen LogP contribution is 2.12. The van der Waals surface area contributed by atoms with E-state index in [9.17, 15) is 14.4 Å². The molecule has 0 saturated heterocycles. The number of nitrogens with one attached hydrogen (secondary N) is 5. The fourth-order valence-electron chi connectivity index (χ4n) is 3.24. The third kappa shape index (κ3) is 10.3. The third-order valence-corrected chi connectivity index (χ3v) is 5.36. The highest BCUT2D eigenvalue weighted by atomic mass is 16.5. The topological polar surface area (TPSA) is 132 Å². The molecular formula is C27H37N5O4. The summed E-state index contributed by atoms with van der Waals surface area (Å²) < 4.78 is 5.01. The first kappa shape index (κ1) is 28.5. The second-order valence-corrected chi connectivity index (χ2v) is 9.14. The van der Waals surface area contributed by atoms with Crippen LogP contribution in [0, 0.1) is 11.3 Å². The quantitative estimate of drug-likeness (QED) is 0.228. The molecule has 0 bridgehead atoms. The average Bonchev–Trinajstić information content (AvgIpc) is 2.86. The van der Waals surface area contributed by atoms with E-state index in [0.29, 0.717) is 12.1 Å². The van der Waals surface area contributed by atoms with Crippen LogP contribution in [0.5, 0.6) is 0 Å². The van der Waals surface area contributed by atoms with E-state index in [4.69, 9.17) is 10.1 Å². The van der Waals surface area contributed by atoms with E-state index >= 15 is 0 Å². The number of hydrogen-bond donors (Lipinski definition) is 5. The standard InChI is InChI=1S/C27H37N5O4/c1-18(2)17-36-27(35)32-25(28)23-12-10-21(11-13-23)15-30-26(34)20(4)31-24(33)16-29-14-19(3)22-8-6-5-7-9-22/h5-13,18-20,29H,14-17H2,1-4H3,(H,30,34)(H,31,33)(H2,28,32,35)/t19-,20-/m0/s1. The highest BCUT2D eigenvalue weighted by molar-refractivity contribution is 6.04. The smallest absolute Gasteiger partial charge is 0.412 e. The normalized spacial score (nSPS) is 12.4. The second-order valence-electron chi connectivity index (χ2n) is 9.14. The van der Waals surface area contributed by atoms with Crippen molar-refractivity contribution in [3.05, 3.63) is 71.3 Å². The molecule has 0 fully saturated rings. The van der Waals surface area contributed by atoms with Gasteiger partial charge in [0.05, 0.1) is 13.2 Å². The zero-order valence-corrected chi connectivity index (χ0v) is 21.4. The predicted octanol–water partition coefficient (Wildman–Crippen LogP) is 2.91. The molecule has 2 atom stereocenters. The number of amides is 3. The lowest BCUT2D eigenvalue weighted by Gasteiger charge is -2.16. The maximum absolute atomic E-state index is 12.4. The van der Waals surface area contributed by atoms with E-state index in [2.05, 4.69) is 40.3 Å². The summed E-state index contributed by atoms with van der Waals surface area (Å²) in [4.78, 5) is 36.3. The van der Waals surface area contributed by atoms with Crippen molar-refractivity contribution < 1.29 is 19.1 Å². The summed E-state index contributed by atoms with van der Waals surface area (Å²) in [5.41, 5.74) is 2.53. The van der Waals surface area contributed by atoms with Crippen LogP contribution in [0.15, 0.2) is 54.6 Å². The summed E-state index contributed by atoms with van der Waals surface area (Å²) in [7, 11) is 0. The minimum atomic E-state index is -0.681. The Morgan fingerprint density at radius 2 is 1.61 bits per heavy atom. The minimum Gasteiger partial charge on any atom is -0.449 e. The highest BCUT2D eigenvalue weighted by Gasteiger charge is 2.16. The summed E-state index contributed by atoms with van der Waals surface area (Å²) >= 11 is 0. The molecule has 36 heavy (non-hydrogen) atoms. The van der Waals surface area contributed by atoms with Gasteiger partial charge in [-0.25, -0.2) is 4.79 Å². The van der Waals surface area contributed by atoms with Crippen LogP contribution in [-0.4, -0.2) is 49.5 Å². The number of carbonyl (C=O) groups excluding carboxylic acids is 3. The van der Waals surface area contributed by atoms with E-state index in [-0.39, 0.29) is 49.2 Å². The second kappa shape index (κ2) is 14.6. The van der Waals surface area contributed by atoms with Gasteiger partial charge in [-0.1, -0.05) is 75.4 Å². The lowest BCUT2D eigenvalue weighted by atomic mass is 10.0. The van der Waals surface area contributed by atoms with Crippen LogP contribution < -0.4 is 21.3 Å². The molecule has 2 aromatic carbocycles. The van der Waals surface area contributed by atoms with Gasteiger partial charge in [-0.3, -0.25) is 20.3 Å². The molecule has 0 spiro atoms. The number of ether oxygens (including phenoxy) is 1. The van der Waals surface area contributed by atoms with Gasteiger partial charge in [0.2, 0.25) is 11.8 Å². The molecule has 0 aliphatic heterocycles. The van der Waals surface area contributed by atoms with Crippen molar-refractivity contribution in [2.24, 2.45) is 5.92 Å². The molecule has 2 aromatic rings. The number of benzene rings is 2. The van der Waals surface area contributed by atoms with Gasteiger partial charge in [-0.2, -0.15) is 0 Å². The minimum absolute atomic E-state index is 0.0672. The van der Waals surface area contributed by atoms with E-state index in [1.54, 1.807) is 31.2 Å². The van der Waals surface area contributed by atoms with Gasteiger partial charge in [0, 0.05) is 18.7 Å². The molecule has 0 saturated carbocycles. The molecule has 0 aromatic heterocycles. The van der Waals surface area contributed by atoms with Crippen LogP contribution in [-0.2, 0) is 20.9 Å². The molecule has 3 amide bonds. The number of amidine groups is 1. The maximum atomic E-state index is 12.4. The van der Waals surface area contributed by atoms with Gasteiger partial charge in [-0.05, 0) is 29.9 Å². The zero-order valence-electron chi connectivity index (χ0n) is 21.4. The van der Waals surface area contributed by atoms with Crippen LogP contribution in [0.4, 0.5) is 4.79 Å². The Labute approximate surface area is 212 Å². The monoisotopic (exact) mass is 495 g/mol. The van der Waals surface area contributed by atoms with Crippen molar-refractivity contribution in [3.8, 4) is 0 Å². The van der Waals surface area contributed by atoms with Crippen LogP contribution >= 0.6 is 0 Å². The van der Waals surface area contributed by atoms with Gasteiger partial charge in [0.25, 0.3) is 0 Å². The molecule has 9 heteroatoms. The lowest BCUT2D eigenvalue weighted by Crippen LogP contribution is -2.47. The molecule has 9 nitrogen and oxygen atoms in total. The predicted molar refractivity (Wildman–Crippen MR) is 140 cm³/mol. The Hall–Kier alpha value is -3.72. The van der Waals surface area contributed by atoms with Crippen molar-refractivity contribution in [1.29, 1.82) is 5.41 Å². The van der Waals surface area contributed by atoms with E-state index in [1.807, 2.05) is 32.0 Å². The molecule has 5 N–H and O–H groups in total. The van der Waals surface area contributed by atoms with Crippen LogP contribution in [0.3, 0.4) is 0 Å². The van der Waals surface area contributed by atoms with Crippen LogP contribution in [0.2, 0.25) is 0 Å². The first-order valence-corrected chi connectivity index (χ1v) is 12.1. The van der Waals surface area contributed by atoms with Crippen molar-refractivity contribution in [2.75, 3.05) is 19.7 Å². The maximum Gasteiger partial charge on any atom is 0.412 e. The van der Waals surface area contributed by atoms with Gasteiger partial charge in [0.15, 0.2) is 0 Å². The Bertz CT molecular complexity index is 1010. The van der Waals surface area contributed by atoms with Gasteiger partial charge in [-0.15, -0.1) is 0 Å². The Kier molecular flexibility index (Phi) is 11.6. The van der Waals surface area contributed by atoms with Crippen molar-refractivity contribution >= 4 is 23.7 Å². The first-order chi connectivity index (χ1) is 17.2. The lowest BCUT2D eigenvalue weighted by molar-refractivity contribution is -0.128. The number of alkyl carbamates (subject to hydrolysis) is 1. The Balaban J connectivity index is 1.69. The SMILES string of the molecule is CC(C)COC(=O)NC(=N)c1ccc(CNC(=O)[C@H](C)NC(=O)CNC[C@H](C)c2ccccc2)cc1. The van der Waals surface area contributed by atoms with E-state index in [1.165, 1.54) is 5.56 Å². The summed E-state index contributed by atoms with van der Waals surface area (Å²) in [6.07, 6.45) is -0.665. The summed E-state index contributed by atoms with van der Waals surface area (Å²) in [6, 6.07) is 16.2. The van der Waals surface area contributed by atoms with Gasteiger partial charge < -0.3 is 20.7 Å². The molecule has 0 heterocycles. The molecule has 0 radical (unpaired) electrons. The summed E-state index contributed by atoms with van der Waals surface area (Å²) in [5.74, 6) is -0.139. The largest absolute Gasteiger partial charge is 0.449 e. The molecule has 0 unspecified atom stereocenters. The zero-order chi connectivity index (χ0) is 26.5. The number of rotatable bonds is 12. The number of hydrogen-bond acceptors (Lipinski definition) is 6. The van der Waals surface area contributed by atoms with E-state index in [0.717, 1.165) is 5.56 Å². The molecular weight excluding hydrogens is 458 g/mol. The third-order valence-electron chi connectivity index (χ3n) is 5.36. The number of carbonyl (C=O) groups is 3. The van der Waals surface area contributed by atoms with Crippen LogP contribution in [0.25, 0.3) is 0 Å². The molecule has 0 aliphatic carbocycles. The summed E-state index contributed by atoms with van der Waals surface area (Å²) in [5, 5.41) is 19.0. The molecule has 0 aliphatic rings. The Morgan fingerprint density at radius 3 is 2.25 bits per heavy atom. The van der Waals surface area contributed by atoms with Gasteiger partial charge in [0.1, 0.15) is 11.9 Å². The fraction of sp³-hybridized carbons (Fsp3) is 0.407. The van der Waals surface area contributed by atoms with Crippen molar-refractivity contribution in [1.82, 2.24) is 21.3 Å². The fourth-order valence-corrected chi connectivity index (χ4v) is 3.24. The van der Waals surface area contributed by atoms with Gasteiger partial charge >= 0.3 is 6.09 Å². The van der Waals surface area contributed by atoms with E-state index < -0.39 is 12.1 Å². The Morgan fingerprint density at radius 1 is 0.944 bits per heavy atom. The van der Waals surface area contributed by atoms with Crippen molar-refractivity contribution in [3.63, 3.8) is 0 Å². The van der Waals surface area contributed by atoms with Crippen molar-refractivity contribution in [2.45, 2.75) is 46.2 Å². The first-order valence-electron chi connectivity index (χ1n) is 12.1. The summed E-state index contributed by atoms with van der Waals surface area (Å²) in [6.45, 7) is 8.90.